The lowest BCUT2D eigenvalue weighted by Crippen LogP contribution is -1.99. The lowest BCUT2D eigenvalue weighted by Gasteiger charge is -2.00. The Bertz CT molecular complexity index is 73.3. The Morgan fingerprint density at radius 1 is 1.67 bits per heavy atom. The predicted molar refractivity (Wildman–Crippen MR) is 42.7 cm³/mol. The van der Waals surface area contributed by atoms with Crippen LogP contribution >= 0.6 is 15.9 Å². The fourth-order valence-electron chi connectivity index (χ4n) is 0.561. The second-order valence-electron chi connectivity index (χ2n) is 1.97. The maximum absolute atomic E-state index is 12.4. The molecule has 0 rings (SSSR count). The van der Waals surface area contributed by atoms with Crippen molar-refractivity contribution in [3.63, 3.8) is 0 Å². The van der Waals surface area contributed by atoms with Crippen molar-refractivity contribution in [2.45, 2.75) is 25.4 Å². The van der Waals surface area contributed by atoms with E-state index in [1.807, 2.05) is 6.08 Å². The molecule has 0 aliphatic rings. The summed E-state index contributed by atoms with van der Waals surface area (Å²) in [5, 5.41) is 0.462. The van der Waals surface area contributed by atoms with Crippen LogP contribution in [0.4, 0.5) is 4.39 Å². The third kappa shape index (κ3) is 6.03. The Hall–Kier alpha value is 0.150. The summed E-state index contributed by atoms with van der Waals surface area (Å²) in [6, 6.07) is 0. The molecule has 0 radical (unpaired) electrons. The van der Waals surface area contributed by atoms with Crippen molar-refractivity contribution in [3.05, 3.63) is 12.7 Å². The molecule has 0 aromatic carbocycles. The molecule has 0 nitrogen and oxygen atoms in total. The lowest BCUT2D eigenvalue weighted by atomic mass is 10.2. The van der Waals surface area contributed by atoms with E-state index in [4.69, 9.17) is 0 Å². The van der Waals surface area contributed by atoms with Gasteiger partial charge in [0.2, 0.25) is 0 Å². The van der Waals surface area contributed by atoms with Crippen molar-refractivity contribution in [2.24, 2.45) is 0 Å². The third-order valence-electron chi connectivity index (χ3n) is 1.09. The van der Waals surface area contributed by atoms with E-state index in [0.717, 1.165) is 12.8 Å². The van der Waals surface area contributed by atoms with Gasteiger partial charge < -0.3 is 0 Å². The number of rotatable bonds is 5. The van der Waals surface area contributed by atoms with Crippen LogP contribution in [-0.4, -0.2) is 11.5 Å². The van der Waals surface area contributed by atoms with E-state index in [-0.39, 0.29) is 0 Å². The van der Waals surface area contributed by atoms with Crippen LogP contribution in [0.1, 0.15) is 19.3 Å². The normalized spacial score (nSPS) is 13.1. The van der Waals surface area contributed by atoms with Gasteiger partial charge in [0.15, 0.2) is 0 Å². The Kier molecular flexibility index (Phi) is 6.38. The fraction of sp³-hybridized carbons (Fsp3) is 0.714. The van der Waals surface area contributed by atoms with Crippen LogP contribution in [0, 0.1) is 0 Å². The Morgan fingerprint density at radius 2 is 2.33 bits per heavy atom. The van der Waals surface area contributed by atoms with Gasteiger partial charge in [-0.05, 0) is 19.3 Å². The van der Waals surface area contributed by atoms with Crippen LogP contribution in [0.5, 0.6) is 0 Å². The first-order chi connectivity index (χ1) is 4.31. The minimum atomic E-state index is -0.676. The van der Waals surface area contributed by atoms with Crippen molar-refractivity contribution in [2.75, 3.05) is 5.33 Å². The van der Waals surface area contributed by atoms with Gasteiger partial charge in [0.05, 0.1) is 0 Å². The quantitative estimate of drug-likeness (QED) is 0.359. The van der Waals surface area contributed by atoms with Crippen LogP contribution in [0.2, 0.25) is 0 Å². The molecule has 0 bridgehead atoms. The summed E-state index contributed by atoms with van der Waals surface area (Å²) in [5.74, 6) is 0. The van der Waals surface area contributed by atoms with Crippen molar-refractivity contribution < 1.29 is 4.39 Å². The topological polar surface area (TPSA) is 0 Å². The molecular weight excluding hydrogens is 183 g/mol. The summed E-state index contributed by atoms with van der Waals surface area (Å²) in [6.45, 7) is 3.55. The Balaban J connectivity index is 2.96. The molecule has 0 saturated carbocycles. The van der Waals surface area contributed by atoms with Gasteiger partial charge >= 0.3 is 0 Å². The smallest absolute Gasteiger partial charge is 0.110 e. The number of unbranched alkanes of at least 4 members (excludes halogenated alkanes) is 1. The minimum Gasteiger partial charge on any atom is -0.247 e. The van der Waals surface area contributed by atoms with Gasteiger partial charge in [-0.3, -0.25) is 0 Å². The fourth-order valence-corrected chi connectivity index (χ4v) is 0.885. The lowest BCUT2D eigenvalue weighted by molar-refractivity contribution is 0.343. The van der Waals surface area contributed by atoms with E-state index < -0.39 is 6.17 Å². The number of hydrogen-bond donors (Lipinski definition) is 0. The summed E-state index contributed by atoms with van der Waals surface area (Å²) < 4.78 is 12.4. The molecule has 0 aromatic rings. The van der Waals surface area contributed by atoms with Crippen molar-refractivity contribution in [3.8, 4) is 0 Å². The highest BCUT2D eigenvalue weighted by molar-refractivity contribution is 9.09. The molecule has 0 aliphatic carbocycles. The van der Waals surface area contributed by atoms with Crippen LogP contribution in [-0.2, 0) is 0 Å². The average Bonchev–Trinajstić information content (AvgIpc) is 1.89. The molecule has 0 amide bonds. The molecule has 0 heterocycles. The predicted octanol–water partition coefficient (Wildman–Crippen LogP) is 3.08. The SMILES string of the molecule is C=CCCCC(F)CBr. The van der Waals surface area contributed by atoms with Gasteiger partial charge in [-0.2, -0.15) is 0 Å². The van der Waals surface area contributed by atoms with E-state index in [1.54, 1.807) is 0 Å². The molecule has 0 aromatic heterocycles. The van der Waals surface area contributed by atoms with E-state index in [1.165, 1.54) is 0 Å². The van der Waals surface area contributed by atoms with Gasteiger partial charge in [-0.15, -0.1) is 6.58 Å². The zero-order chi connectivity index (χ0) is 7.11. The first-order valence-electron chi connectivity index (χ1n) is 3.12. The first-order valence-corrected chi connectivity index (χ1v) is 4.24. The van der Waals surface area contributed by atoms with Gasteiger partial charge in [-0.1, -0.05) is 22.0 Å². The third-order valence-corrected chi connectivity index (χ3v) is 1.80. The number of alkyl halides is 2. The standard InChI is InChI=1S/C7H12BrF/c1-2-3-4-5-7(9)6-8/h2,7H,1,3-6H2. The highest BCUT2D eigenvalue weighted by atomic mass is 79.9. The number of allylic oxidation sites excluding steroid dienone is 1. The van der Waals surface area contributed by atoms with Crippen LogP contribution in [0.25, 0.3) is 0 Å². The van der Waals surface area contributed by atoms with E-state index >= 15 is 0 Å². The average molecular weight is 195 g/mol. The molecule has 2 heteroatoms. The Labute approximate surface area is 64.3 Å². The summed E-state index contributed by atoms with van der Waals surface area (Å²) in [5.41, 5.74) is 0. The van der Waals surface area contributed by atoms with Gasteiger partial charge in [0.1, 0.15) is 6.17 Å². The van der Waals surface area contributed by atoms with Crippen LogP contribution < -0.4 is 0 Å². The van der Waals surface area contributed by atoms with Crippen molar-refractivity contribution in [1.29, 1.82) is 0 Å². The summed E-state index contributed by atoms with van der Waals surface area (Å²) >= 11 is 3.07. The van der Waals surface area contributed by atoms with Crippen molar-refractivity contribution >= 4 is 15.9 Å². The molecule has 0 aliphatic heterocycles. The second kappa shape index (κ2) is 6.27. The van der Waals surface area contributed by atoms with Crippen LogP contribution in [0.3, 0.4) is 0 Å². The highest BCUT2D eigenvalue weighted by Crippen LogP contribution is 2.06. The summed E-state index contributed by atoms with van der Waals surface area (Å²) in [7, 11) is 0. The summed E-state index contributed by atoms with van der Waals surface area (Å²) in [6.07, 6.45) is 3.63. The van der Waals surface area contributed by atoms with Crippen LogP contribution in [0.15, 0.2) is 12.7 Å². The molecule has 54 valence electrons. The minimum absolute atomic E-state index is 0.462. The molecule has 9 heavy (non-hydrogen) atoms. The van der Waals surface area contributed by atoms with Gasteiger partial charge in [-0.25, -0.2) is 4.39 Å². The zero-order valence-corrected chi connectivity index (χ0v) is 7.03. The Morgan fingerprint density at radius 3 is 2.78 bits per heavy atom. The molecule has 1 atom stereocenters. The monoisotopic (exact) mass is 194 g/mol. The molecule has 0 fully saturated rings. The molecule has 1 unspecified atom stereocenters. The second-order valence-corrected chi connectivity index (χ2v) is 2.62. The zero-order valence-electron chi connectivity index (χ0n) is 5.45. The maximum atomic E-state index is 12.4. The van der Waals surface area contributed by atoms with E-state index in [2.05, 4.69) is 22.5 Å². The molecule has 0 N–H and O–H groups in total. The summed E-state index contributed by atoms with van der Waals surface area (Å²) in [4.78, 5) is 0. The van der Waals surface area contributed by atoms with E-state index in [0.29, 0.717) is 11.8 Å². The maximum Gasteiger partial charge on any atom is 0.110 e. The number of halogens is 2. The van der Waals surface area contributed by atoms with Crippen molar-refractivity contribution in [1.82, 2.24) is 0 Å². The van der Waals surface area contributed by atoms with E-state index in [9.17, 15) is 4.39 Å². The van der Waals surface area contributed by atoms with Gasteiger partial charge in [0.25, 0.3) is 0 Å². The molecular formula is C7H12BrF. The molecule has 0 spiro atoms. The van der Waals surface area contributed by atoms with Gasteiger partial charge in [0, 0.05) is 5.33 Å². The molecule has 0 saturated heterocycles. The first kappa shape index (κ1) is 9.15. The highest BCUT2D eigenvalue weighted by Gasteiger charge is 2.00. The largest absolute Gasteiger partial charge is 0.247 e. The number of hydrogen-bond acceptors (Lipinski definition) is 0.